The van der Waals surface area contributed by atoms with Crippen LogP contribution in [0.25, 0.3) is 0 Å². The lowest BCUT2D eigenvalue weighted by Crippen LogP contribution is -2.38. The molecule has 1 aliphatic heterocycles. The summed E-state index contributed by atoms with van der Waals surface area (Å²) in [6.45, 7) is 2.36. The van der Waals surface area contributed by atoms with Crippen molar-refractivity contribution in [3.8, 4) is 0 Å². The molecule has 0 N–H and O–H groups in total. The molecule has 0 spiro atoms. The number of rotatable bonds is 2. The number of fused-ring (bicyclic) bond motifs is 1. The Balaban J connectivity index is 1.93. The fourth-order valence-corrected chi connectivity index (χ4v) is 4.80. The van der Waals surface area contributed by atoms with Gasteiger partial charge in [0.1, 0.15) is 0 Å². The number of hydrogen-bond donors (Lipinski definition) is 0. The van der Waals surface area contributed by atoms with Gasteiger partial charge in [-0.05, 0) is 49.4 Å². The van der Waals surface area contributed by atoms with E-state index in [-0.39, 0.29) is 5.41 Å². The number of hydrogen-bond acceptors (Lipinski definition) is 1. The van der Waals surface area contributed by atoms with E-state index in [4.69, 9.17) is 0 Å². The Kier molecular flexibility index (Phi) is 3.82. The minimum Gasteiger partial charge on any atom is -0.306 e. The molecule has 4 rings (SSSR count). The second kappa shape index (κ2) is 5.98. The molecule has 0 saturated carbocycles. The molecule has 0 radical (unpaired) electrons. The van der Waals surface area contributed by atoms with E-state index in [1.165, 1.54) is 30.5 Å². The van der Waals surface area contributed by atoms with E-state index < -0.39 is 0 Å². The van der Waals surface area contributed by atoms with Crippen LogP contribution in [0.15, 0.2) is 72.8 Å². The lowest BCUT2D eigenvalue weighted by molar-refractivity contribution is 0.273. The highest BCUT2D eigenvalue weighted by Gasteiger charge is 2.47. The Morgan fingerprint density at radius 3 is 2.13 bits per heavy atom. The van der Waals surface area contributed by atoms with Crippen LogP contribution in [0.3, 0.4) is 0 Å². The Labute approximate surface area is 139 Å². The molecular weight excluding hydrogens is 278 g/mol. The van der Waals surface area contributed by atoms with Gasteiger partial charge in [-0.1, -0.05) is 72.8 Å². The van der Waals surface area contributed by atoms with Gasteiger partial charge >= 0.3 is 0 Å². The van der Waals surface area contributed by atoms with Gasteiger partial charge in [-0.3, -0.25) is 0 Å². The first-order valence-corrected chi connectivity index (χ1v) is 8.77. The Hall–Kier alpha value is -1.86. The summed E-state index contributed by atoms with van der Waals surface area (Å²) in [6.07, 6.45) is 7.32. The first kappa shape index (κ1) is 14.7. The molecular formula is C22H25N. The van der Waals surface area contributed by atoms with Crippen LogP contribution < -0.4 is 0 Å². The smallest absolute Gasteiger partial charge is 0.0280 e. The van der Waals surface area contributed by atoms with Crippen molar-refractivity contribution in [1.82, 2.24) is 4.90 Å². The number of benzene rings is 2. The van der Waals surface area contributed by atoms with Crippen molar-refractivity contribution in [2.24, 2.45) is 11.8 Å². The van der Waals surface area contributed by atoms with Crippen LogP contribution in [0.4, 0.5) is 0 Å². The standard InChI is InChI=1S/C22H25N/c1-23-16-15-22(19-10-4-2-5-11-19,20-12-6-3-7-13-20)21-14-8-9-18(21)17-23/h2-8,10-14,18,21H,9,15-17H2,1H3/t18-,21-/m0/s1. The van der Waals surface area contributed by atoms with Gasteiger partial charge in [0, 0.05) is 12.0 Å². The van der Waals surface area contributed by atoms with Crippen LogP contribution in [0.1, 0.15) is 24.0 Å². The SMILES string of the molecule is CN1CCC(c2ccccc2)(c2ccccc2)[C@H]2C=CC[C@H]2C1. The molecule has 23 heavy (non-hydrogen) atoms. The van der Waals surface area contributed by atoms with Crippen molar-refractivity contribution in [3.05, 3.63) is 83.9 Å². The molecule has 1 heteroatoms. The van der Waals surface area contributed by atoms with Gasteiger partial charge in [0.15, 0.2) is 0 Å². The fourth-order valence-electron chi connectivity index (χ4n) is 4.80. The Bertz CT molecular complexity index is 634. The molecule has 0 aromatic heterocycles. The van der Waals surface area contributed by atoms with Crippen molar-refractivity contribution in [2.75, 3.05) is 20.1 Å². The highest BCUT2D eigenvalue weighted by molar-refractivity contribution is 5.43. The third kappa shape index (κ3) is 2.44. The molecule has 0 bridgehead atoms. The lowest BCUT2D eigenvalue weighted by atomic mass is 9.61. The number of likely N-dealkylation sites (tertiary alicyclic amines) is 1. The van der Waals surface area contributed by atoms with Gasteiger partial charge in [0.05, 0.1) is 0 Å². The van der Waals surface area contributed by atoms with Crippen LogP contribution in [-0.2, 0) is 5.41 Å². The maximum Gasteiger partial charge on any atom is 0.0280 e. The van der Waals surface area contributed by atoms with Crippen molar-refractivity contribution in [1.29, 1.82) is 0 Å². The average molecular weight is 303 g/mol. The summed E-state index contributed by atoms with van der Waals surface area (Å²) >= 11 is 0. The summed E-state index contributed by atoms with van der Waals surface area (Å²) in [5.41, 5.74) is 3.05. The molecule has 2 atom stereocenters. The maximum atomic E-state index is 2.53. The van der Waals surface area contributed by atoms with Crippen molar-refractivity contribution >= 4 is 0 Å². The van der Waals surface area contributed by atoms with Crippen LogP contribution in [0.5, 0.6) is 0 Å². The first-order valence-electron chi connectivity index (χ1n) is 8.77. The van der Waals surface area contributed by atoms with Gasteiger partial charge in [0.25, 0.3) is 0 Å². The van der Waals surface area contributed by atoms with Crippen LogP contribution >= 0.6 is 0 Å². The second-order valence-electron chi connectivity index (χ2n) is 7.17. The van der Waals surface area contributed by atoms with Crippen LogP contribution in [0, 0.1) is 11.8 Å². The predicted octanol–water partition coefficient (Wildman–Crippen LogP) is 4.50. The van der Waals surface area contributed by atoms with E-state index in [1.807, 2.05) is 0 Å². The van der Waals surface area contributed by atoms with Gasteiger partial charge in [-0.2, -0.15) is 0 Å². The molecule has 0 unspecified atom stereocenters. The molecule has 1 nitrogen and oxygen atoms in total. The largest absolute Gasteiger partial charge is 0.306 e. The van der Waals surface area contributed by atoms with Crippen molar-refractivity contribution in [2.45, 2.75) is 18.3 Å². The molecule has 1 aliphatic carbocycles. The van der Waals surface area contributed by atoms with E-state index in [0.29, 0.717) is 5.92 Å². The van der Waals surface area contributed by atoms with E-state index in [1.54, 1.807) is 0 Å². The van der Waals surface area contributed by atoms with E-state index in [0.717, 1.165) is 12.5 Å². The molecule has 2 aliphatic rings. The molecule has 0 amide bonds. The Morgan fingerprint density at radius 1 is 0.913 bits per heavy atom. The predicted molar refractivity (Wildman–Crippen MR) is 96.5 cm³/mol. The third-order valence-corrected chi connectivity index (χ3v) is 5.87. The summed E-state index contributed by atoms with van der Waals surface area (Å²) in [4.78, 5) is 2.53. The highest BCUT2D eigenvalue weighted by atomic mass is 15.1. The van der Waals surface area contributed by atoms with Crippen LogP contribution in [0.2, 0.25) is 0 Å². The summed E-state index contributed by atoms with van der Waals surface area (Å²) in [5.74, 6) is 1.32. The monoisotopic (exact) mass is 303 g/mol. The van der Waals surface area contributed by atoms with Crippen LogP contribution in [-0.4, -0.2) is 25.0 Å². The van der Waals surface area contributed by atoms with E-state index >= 15 is 0 Å². The molecule has 1 heterocycles. The zero-order valence-electron chi connectivity index (χ0n) is 13.9. The fraction of sp³-hybridized carbons (Fsp3) is 0.364. The zero-order valence-corrected chi connectivity index (χ0v) is 13.9. The third-order valence-electron chi connectivity index (χ3n) is 5.87. The van der Waals surface area contributed by atoms with Gasteiger partial charge < -0.3 is 4.90 Å². The minimum atomic E-state index is 0.102. The van der Waals surface area contributed by atoms with E-state index in [2.05, 4.69) is 84.8 Å². The molecule has 2 aromatic rings. The summed E-state index contributed by atoms with van der Waals surface area (Å²) in [5, 5.41) is 0. The van der Waals surface area contributed by atoms with Gasteiger partial charge in [-0.25, -0.2) is 0 Å². The highest BCUT2D eigenvalue weighted by Crippen LogP contribution is 2.50. The number of allylic oxidation sites excluding steroid dienone is 2. The summed E-state index contributed by atoms with van der Waals surface area (Å²) in [6, 6.07) is 22.4. The quantitative estimate of drug-likeness (QED) is 0.738. The van der Waals surface area contributed by atoms with Crippen molar-refractivity contribution < 1.29 is 0 Å². The Morgan fingerprint density at radius 2 is 1.52 bits per heavy atom. The zero-order chi connectivity index (χ0) is 15.7. The van der Waals surface area contributed by atoms with Crippen molar-refractivity contribution in [3.63, 3.8) is 0 Å². The molecule has 1 saturated heterocycles. The maximum absolute atomic E-state index is 2.53. The molecule has 118 valence electrons. The van der Waals surface area contributed by atoms with E-state index in [9.17, 15) is 0 Å². The minimum absolute atomic E-state index is 0.102. The topological polar surface area (TPSA) is 3.24 Å². The first-order chi connectivity index (χ1) is 11.3. The molecule has 1 fully saturated rings. The lowest BCUT2D eigenvalue weighted by Gasteiger charge is -2.41. The summed E-state index contributed by atoms with van der Waals surface area (Å²) < 4.78 is 0. The van der Waals surface area contributed by atoms with Gasteiger partial charge in [-0.15, -0.1) is 0 Å². The summed E-state index contributed by atoms with van der Waals surface area (Å²) in [7, 11) is 2.28. The normalized spacial score (nSPS) is 26.7. The molecule has 2 aromatic carbocycles. The average Bonchev–Trinajstić information content (AvgIpc) is 3.01. The van der Waals surface area contributed by atoms with Gasteiger partial charge in [0.2, 0.25) is 0 Å². The second-order valence-corrected chi connectivity index (χ2v) is 7.17. The number of nitrogens with zero attached hydrogens (tertiary/aromatic N) is 1.